The summed E-state index contributed by atoms with van der Waals surface area (Å²) in [7, 11) is 0. The van der Waals surface area contributed by atoms with Crippen LogP contribution in [0.25, 0.3) is 0 Å². The number of halogens is 2. The van der Waals surface area contributed by atoms with E-state index in [2.05, 4.69) is 42.2 Å². The summed E-state index contributed by atoms with van der Waals surface area (Å²) in [6.07, 6.45) is 5.09. The maximum absolute atomic E-state index is 4.07. The second-order valence-corrected chi connectivity index (χ2v) is 4.56. The van der Waals surface area contributed by atoms with Crippen molar-refractivity contribution >= 4 is 31.9 Å². The van der Waals surface area contributed by atoms with Crippen LogP contribution in [0.2, 0.25) is 0 Å². The zero-order valence-corrected chi connectivity index (χ0v) is 9.68. The van der Waals surface area contributed by atoms with E-state index in [9.17, 15) is 0 Å². The van der Waals surface area contributed by atoms with Crippen molar-refractivity contribution in [2.75, 3.05) is 0 Å². The van der Waals surface area contributed by atoms with Crippen molar-refractivity contribution in [2.45, 2.75) is 31.7 Å². The minimum absolute atomic E-state index is 0.554. The predicted molar refractivity (Wildman–Crippen MR) is 52.9 cm³/mol. The molecule has 0 spiro atoms. The van der Waals surface area contributed by atoms with Gasteiger partial charge in [0.1, 0.15) is 4.60 Å². The van der Waals surface area contributed by atoms with Crippen molar-refractivity contribution in [1.82, 2.24) is 15.0 Å². The molecule has 0 aliphatic heterocycles. The molecular weight excluding hydrogens is 286 g/mol. The van der Waals surface area contributed by atoms with Gasteiger partial charge in [0, 0.05) is 0 Å². The molecule has 3 nitrogen and oxygen atoms in total. The smallest absolute Gasteiger partial charge is 0.162 e. The predicted octanol–water partition coefficient (Wildman–Crippen LogP) is 2.92. The quantitative estimate of drug-likeness (QED) is 0.797. The van der Waals surface area contributed by atoms with Gasteiger partial charge in [-0.25, -0.2) is 4.68 Å². The average molecular weight is 295 g/mol. The molecule has 1 aliphatic carbocycles. The molecule has 0 aromatic carbocycles. The van der Waals surface area contributed by atoms with E-state index in [0.29, 0.717) is 6.04 Å². The standard InChI is InChI=1S/C7H9Br2N3/c8-6-7(9)12(11-10-6)5-3-1-2-4-5/h5H,1-4H2. The third-order valence-corrected chi connectivity index (χ3v) is 4.08. The average Bonchev–Trinajstić information content (AvgIpc) is 2.64. The zero-order valence-electron chi connectivity index (χ0n) is 6.50. The first-order chi connectivity index (χ1) is 5.79. The first kappa shape index (κ1) is 8.69. The molecule has 5 heteroatoms. The number of aromatic nitrogens is 3. The lowest BCUT2D eigenvalue weighted by Gasteiger charge is -2.08. The van der Waals surface area contributed by atoms with E-state index in [1.807, 2.05) is 4.68 Å². The maximum Gasteiger partial charge on any atom is 0.162 e. The normalized spacial score (nSPS) is 18.8. The van der Waals surface area contributed by atoms with Gasteiger partial charge in [-0.15, -0.1) is 5.10 Å². The fraction of sp³-hybridized carbons (Fsp3) is 0.714. The first-order valence-electron chi connectivity index (χ1n) is 4.05. The number of hydrogen-bond acceptors (Lipinski definition) is 2. The molecule has 1 fully saturated rings. The van der Waals surface area contributed by atoms with Crippen molar-refractivity contribution in [1.29, 1.82) is 0 Å². The van der Waals surface area contributed by atoms with Gasteiger partial charge in [0.05, 0.1) is 6.04 Å². The molecule has 1 heterocycles. The van der Waals surface area contributed by atoms with Crippen molar-refractivity contribution in [3.05, 3.63) is 9.21 Å². The first-order valence-corrected chi connectivity index (χ1v) is 5.64. The SMILES string of the molecule is Brc1nnn(C2CCCC2)c1Br. The van der Waals surface area contributed by atoms with Gasteiger partial charge in [-0.2, -0.15) is 0 Å². The lowest BCUT2D eigenvalue weighted by molar-refractivity contribution is 0.446. The molecule has 1 saturated carbocycles. The molecule has 1 aliphatic rings. The third-order valence-electron chi connectivity index (χ3n) is 2.27. The summed E-state index contributed by atoms with van der Waals surface area (Å²) in [4.78, 5) is 0. The Bertz CT molecular complexity index is 278. The van der Waals surface area contributed by atoms with Crippen molar-refractivity contribution < 1.29 is 0 Å². The van der Waals surface area contributed by atoms with Crippen LogP contribution >= 0.6 is 31.9 Å². The molecule has 0 atom stereocenters. The molecule has 0 bridgehead atoms. The molecular formula is C7H9Br2N3. The summed E-state index contributed by atoms with van der Waals surface area (Å²) in [5, 5.41) is 8.01. The minimum atomic E-state index is 0.554. The Labute approximate surface area is 87.8 Å². The molecule has 12 heavy (non-hydrogen) atoms. The lowest BCUT2D eigenvalue weighted by Crippen LogP contribution is -2.06. The van der Waals surface area contributed by atoms with E-state index in [-0.39, 0.29) is 0 Å². The number of rotatable bonds is 1. The summed E-state index contributed by atoms with van der Waals surface area (Å²) >= 11 is 6.77. The van der Waals surface area contributed by atoms with Crippen molar-refractivity contribution in [3.63, 3.8) is 0 Å². The van der Waals surface area contributed by atoms with Gasteiger partial charge in [-0.3, -0.25) is 0 Å². The summed E-state index contributed by atoms with van der Waals surface area (Å²) in [5.41, 5.74) is 0. The minimum Gasteiger partial charge on any atom is -0.234 e. The Balaban J connectivity index is 2.26. The van der Waals surface area contributed by atoms with Crippen molar-refractivity contribution in [2.24, 2.45) is 0 Å². The fourth-order valence-electron chi connectivity index (χ4n) is 1.64. The second kappa shape index (κ2) is 3.46. The number of hydrogen-bond donors (Lipinski definition) is 0. The Morgan fingerprint density at radius 3 is 2.42 bits per heavy atom. The molecule has 0 N–H and O–H groups in total. The fourth-order valence-corrected chi connectivity index (χ4v) is 2.34. The highest BCUT2D eigenvalue weighted by atomic mass is 79.9. The van der Waals surface area contributed by atoms with Crippen LogP contribution in [0.3, 0.4) is 0 Å². The van der Waals surface area contributed by atoms with E-state index >= 15 is 0 Å². The molecule has 1 aromatic heterocycles. The van der Waals surface area contributed by atoms with Crippen LogP contribution in [0.1, 0.15) is 31.7 Å². The van der Waals surface area contributed by atoms with Crippen LogP contribution in [0.15, 0.2) is 9.21 Å². The second-order valence-electron chi connectivity index (χ2n) is 3.05. The Hall–Kier alpha value is 0.1000. The number of nitrogens with zero attached hydrogens (tertiary/aromatic N) is 3. The van der Waals surface area contributed by atoms with Crippen molar-refractivity contribution in [3.8, 4) is 0 Å². The van der Waals surface area contributed by atoms with Crippen LogP contribution in [0, 0.1) is 0 Å². The molecule has 0 amide bonds. The van der Waals surface area contributed by atoms with Gasteiger partial charge in [0.15, 0.2) is 4.60 Å². The summed E-state index contributed by atoms with van der Waals surface area (Å²) in [5.74, 6) is 0. The topological polar surface area (TPSA) is 30.7 Å². The van der Waals surface area contributed by atoms with Gasteiger partial charge in [0.25, 0.3) is 0 Å². The van der Waals surface area contributed by atoms with Crippen LogP contribution in [0.4, 0.5) is 0 Å². The van der Waals surface area contributed by atoms with Crippen LogP contribution in [-0.2, 0) is 0 Å². The van der Waals surface area contributed by atoms with Crippen LogP contribution in [-0.4, -0.2) is 15.0 Å². The highest BCUT2D eigenvalue weighted by molar-refractivity contribution is 9.13. The largest absolute Gasteiger partial charge is 0.234 e. The van der Waals surface area contributed by atoms with E-state index in [1.165, 1.54) is 25.7 Å². The van der Waals surface area contributed by atoms with Gasteiger partial charge < -0.3 is 0 Å². The van der Waals surface area contributed by atoms with E-state index in [4.69, 9.17) is 0 Å². The van der Waals surface area contributed by atoms with E-state index in [0.717, 1.165) is 9.21 Å². The molecule has 0 radical (unpaired) electrons. The van der Waals surface area contributed by atoms with Gasteiger partial charge >= 0.3 is 0 Å². The third kappa shape index (κ3) is 1.44. The lowest BCUT2D eigenvalue weighted by atomic mass is 10.3. The molecule has 66 valence electrons. The summed E-state index contributed by atoms with van der Waals surface area (Å²) < 4.78 is 3.74. The highest BCUT2D eigenvalue weighted by Gasteiger charge is 2.21. The summed E-state index contributed by atoms with van der Waals surface area (Å²) in [6.45, 7) is 0. The molecule has 0 saturated heterocycles. The van der Waals surface area contributed by atoms with Gasteiger partial charge in [-0.05, 0) is 44.7 Å². The molecule has 0 unspecified atom stereocenters. The van der Waals surface area contributed by atoms with Crippen LogP contribution < -0.4 is 0 Å². The van der Waals surface area contributed by atoms with E-state index < -0.39 is 0 Å². The molecule has 1 aromatic rings. The van der Waals surface area contributed by atoms with Crippen LogP contribution in [0.5, 0.6) is 0 Å². The van der Waals surface area contributed by atoms with Gasteiger partial charge in [-0.1, -0.05) is 18.1 Å². The highest BCUT2D eigenvalue weighted by Crippen LogP contribution is 2.32. The van der Waals surface area contributed by atoms with E-state index in [1.54, 1.807) is 0 Å². The Kier molecular flexibility index (Phi) is 2.50. The zero-order chi connectivity index (χ0) is 8.55. The Morgan fingerprint density at radius 1 is 1.25 bits per heavy atom. The Morgan fingerprint density at radius 2 is 1.92 bits per heavy atom. The molecule has 2 rings (SSSR count). The summed E-state index contributed by atoms with van der Waals surface area (Å²) in [6, 6.07) is 0.554. The maximum atomic E-state index is 4.07. The monoisotopic (exact) mass is 293 g/mol. The van der Waals surface area contributed by atoms with Gasteiger partial charge in [0.2, 0.25) is 0 Å².